The van der Waals surface area contributed by atoms with Crippen molar-refractivity contribution in [2.75, 3.05) is 19.6 Å². The summed E-state index contributed by atoms with van der Waals surface area (Å²) in [7, 11) is 0. The van der Waals surface area contributed by atoms with Gasteiger partial charge in [-0.15, -0.1) is 0 Å². The van der Waals surface area contributed by atoms with Crippen LogP contribution in [0.3, 0.4) is 0 Å². The summed E-state index contributed by atoms with van der Waals surface area (Å²) in [4.78, 5) is 33.0. The molecule has 0 unspecified atom stereocenters. The summed E-state index contributed by atoms with van der Waals surface area (Å²) < 4.78 is 0. The van der Waals surface area contributed by atoms with Crippen LogP contribution in [-0.4, -0.2) is 58.2 Å². The highest BCUT2D eigenvalue weighted by molar-refractivity contribution is 5.95. The normalized spacial score (nSPS) is 20.6. The van der Waals surface area contributed by atoms with Gasteiger partial charge >= 0.3 is 0 Å². The fourth-order valence-corrected chi connectivity index (χ4v) is 4.23. The summed E-state index contributed by atoms with van der Waals surface area (Å²) in [6.07, 6.45) is 5.47. The molecule has 2 fully saturated rings. The van der Waals surface area contributed by atoms with Crippen LogP contribution in [0.5, 0.6) is 0 Å². The predicted octanol–water partition coefficient (Wildman–Crippen LogP) is 3.65. The van der Waals surface area contributed by atoms with Crippen LogP contribution in [0.4, 0.5) is 0 Å². The average Bonchev–Trinajstić information content (AvgIpc) is 2.68. The summed E-state index contributed by atoms with van der Waals surface area (Å²) in [6.45, 7) is 6.67. The molecule has 4 rings (SSSR count). The zero-order valence-electron chi connectivity index (χ0n) is 16.6. The van der Waals surface area contributed by atoms with Crippen LogP contribution in [0.25, 0.3) is 11.3 Å². The minimum atomic E-state index is 0.00629. The summed E-state index contributed by atoms with van der Waals surface area (Å²) >= 11 is 0. The first kappa shape index (κ1) is 18.8. The number of carbonyl (C=O) groups is 2. The number of carbonyl (C=O) groups excluding carboxylic acids is 2. The molecule has 1 atom stereocenters. The van der Waals surface area contributed by atoms with E-state index in [2.05, 4.69) is 16.8 Å². The molecule has 0 bridgehead atoms. The topological polar surface area (TPSA) is 53.5 Å². The van der Waals surface area contributed by atoms with Gasteiger partial charge in [-0.25, -0.2) is 0 Å². The van der Waals surface area contributed by atoms with E-state index in [1.54, 1.807) is 12.3 Å². The number of nitrogens with zero attached hydrogens (tertiary/aromatic N) is 3. The van der Waals surface area contributed by atoms with E-state index in [0.717, 1.165) is 30.9 Å². The summed E-state index contributed by atoms with van der Waals surface area (Å²) in [5, 5.41) is 0. The zero-order chi connectivity index (χ0) is 19.7. The number of hydrogen-bond acceptors (Lipinski definition) is 4. The van der Waals surface area contributed by atoms with Crippen LogP contribution >= 0.6 is 0 Å². The van der Waals surface area contributed by atoms with Gasteiger partial charge in [0.25, 0.3) is 5.91 Å². The average molecular weight is 377 g/mol. The Hall–Kier alpha value is -2.53. The van der Waals surface area contributed by atoms with Gasteiger partial charge in [-0.3, -0.25) is 19.5 Å². The molecule has 2 aliphatic rings. The van der Waals surface area contributed by atoms with E-state index in [-0.39, 0.29) is 11.7 Å². The molecule has 2 aromatic rings. The number of aromatic nitrogens is 1. The molecule has 0 spiro atoms. The number of rotatable bonds is 4. The largest absolute Gasteiger partial charge is 0.335 e. The minimum Gasteiger partial charge on any atom is -0.335 e. The van der Waals surface area contributed by atoms with Gasteiger partial charge in [-0.05, 0) is 57.5 Å². The molecule has 3 heterocycles. The lowest BCUT2D eigenvalue weighted by Gasteiger charge is -2.49. The molecule has 1 aromatic heterocycles. The second-order valence-corrected chi connectivity index (χ2v) is 8.01. The van der Waals surface area contributed by atoms with Crippen molar-refractivity contribution in [3.05, 3.63) is 53.7 Å². The number of pyridine rings is 1. The Morgan fingerprint density at radius 1 is 1.00 bits per heavy atom. The van der Waals surface area contributed by atoms with Gasteiger partial charge in [-0.2, -0.15) is 0 Å². The lowest BCUT2D eigenvalue weighted by molar-refractivity contribution is 0.00213. The second-order valence-electron chi connectivity index (χ2n) is 8.01. The maximum atomic E-state index is 12.8. The monoisotopic (exact) mass is 377 g/mol. The first-order valence-electron chi connectivity index (χ1n) is 10.2. The van der Waals surface area contributed by atoms with Crippen LogP contribution < -0.4 is 0 Å². The molecule has 28 heavy (non-hydrogen) atoms. The van der Waals surface area contributed by atoms with Crippen molar-refractivity contribution in [1.82, 2.24) is 14.8 Å². The van der Waals surface area contributed by atoms with Crippen LogP contribution in [0.2, 0.25) is 0 Å². The maximum absolute atomic E-state index is 12.8. The van der Waals surface area contributed by atoms with Gasteiger partial charge < -0.3 is 4.90 Å². The fraction of sp³-hybridized carbons (Fsp3) is 0.435. The van der Waals surface area contributed by atoms with Crippen molar-refractivity contribution < 1.29 is 9.59 Å². The van der Waals surface area contributed by atoms with E-state index >= 15 is 0 Å². The highest BCUT2D eigenvalue weighted by Gasteiger charge is 2.37. The fourth-order valence-electron chi connectivity index (χ4n) is 4.23. The highest BCUT2D eigenvalue weighted by Crippen LogP contribution is 2.26. The third-order valence-corrected chi connectivity index (χ3v) is 6.07. The number of piperidine rings is 1. The van der Waals surface area contributed by atoms with E-state index in [0.29, 0.717) is 23.2 Å². The van der Waals surface area contributed by atoms with E-state index in [1.807, 2.05) is 35.2 Å². The van der Waals surface area contributed by atoms with Gasteiger partial charge in [0.15, 0.2) is 5.78 Å². The molecule has 0 N–H and O–H groups in total. The van der Waals surface area contributed by atoms with Crippen LogP contribution in [0.1, 0.15) is 53.8 Å². The Labute approximate surface area is 166 Å². The maximum Gasteiger partial charge on any atom is 0.253 e. The number of amides is 1. The first-order valence-corrected chi connectivity index (χ1v) is 10.2. The number of benzene rings is 1. The Kier molecular flexibility index (Phi) is 5.27. The number of ketones is 1. The Morgan fingerprint density at radius 3 is 2.32 bits per heavy atom. The summed E-state index contributed by atoms with van der Waals surface area (Å²) in [5.74, 6) is 0.110. The van der Waals surface area contributed by atoms with E-state index in [1.165, 1.54) is 26.2 Å². The molecule has 5 nitrogen and oxygen atoms in total. The van der Waals surface area contributed by atoms with Crippen molar-refractivity contribution in [2.45, 2.75) is 45.2 Å². The van der Waals surface area contributed by atoms with E-state index < -0.39 is 0 Å². The molecule has 1 aromatic carbocycles. The molecular formula is C23H27N3O2. The molecule has 2 saturated heterocycles. The number of likely N-dealkylation sites (tertiary alicyclic amines) is 2. The van der Waals surface area contributed by atoms with Gasteiger partial charge in [-0.1, -0.05) is 18.6 Å². The lowest BCUT2D eigenvalue weighted by Crippen LogP contribution is -2.63. The quantitative estimate of drug-likeness (QED) is 0.763. The van der Waals surface area contributed by atoms with Crippen molar-refractivity contribution >= 4 is 11.7 Å². The smallest absolute Gasteiger partial charge is 0.253 e. The van der Waals surface area contributed by atoms with Crippen LogP contribution in [0.15, 0.2) is 42.6 Å². The lowest BCUT2D eigenvalue weighted by atomic mass is 9.97. The summed E-state index contributed by atoms with van der Waals surface area (Å²) in [6, 6.07) is 12.4. The third kappa shape index (κ3) is 3.72. The van der Waals surface area contributed by atoms with Gasteiger partial charge in [0.1, 0.15) is 0 Å². The van der Waals surface area contributed by atoms with Crippen molar-refractivity contribution in [3.63, 3.8) is 0 Å². The third-order valence-electron chi connectivity index (χ3n) is 6.07. The Morgan fingerprint density at radius 2 is 1.71 bits per heavy atom. The van der Waals surface area contributed by atoms with Crippen molar-refractivity contribution in [2.24, 2.45) is 0 Å². The molecule has 0 aliphatic carbocycles. The molecule has 146 valence electrons. The highest BCUT2D eigenvalue weighted by atomic mass is 16.2. The summed E-state index contributed by atoms with van der Waals surface area (Å²) in [5.41, 5.74) is 3.06. The molecule has 5 heteroatoms. The van der Waals surface area contributed by atoms with E-state index in [9.17, 15) is 9.59 Å². The first-order chi connectivity index (χ1) is 13.5. The molecule has 1 amide bonds. The Balaban J connectivity index is 1.37. The van der Waals surface area contributed by atoms with Gasteiger partial charge in [0.05, 0.1) is 5.69 Å². The molecule has 0 saturated carbocycles. The standard InChI is InChI=1S/C23H27N3O2/c1-16-5-3-4-12-26(16)21-14-25(15-21)23(28)19-8-6-18(7-9-19)22-11-10-20(13-24-22)17(2)27/h6-11,13,16,21H,3-5,12,14-15H2,1-2H3/t16-/m1/s1. The predicted molar refractivity (Wildman–Crippen MR) is 109 cm³/mol. The molecule has 2 aliphatic heterocycles. The van der Waals surface area contributed by atoms with E-state index in [4.69, 9.17) is 0 Å². The number of hydrogen-bond donors (Lipinski definition) is 0. The van der Waals surface area contributed by atoms with Gasteiger partial charge in [0, 0.05) is 48.1 Å². The number of Topliss-reactive ketones (excluding diaryl/α,β-unsaturated/α-hetero) is 1. The molecule has 0 radical (unpaired) electrons. The van der Waals surface area contributed by atoms with Crippen LogP contribution in [0, 0.1) is 0 Å². The minimum absolute atomic E-state index is 0.00629. The molecular weight excluding hydrogens is 350 g/mol. The SMILES string of the molecule is CC(=O)c1ccc(-c2ccc(C(=O)N3CC(N4CCCC[C@H]4C)C3)cc2)nc1. The van der Waals surface area contributed by atoms with Crippen molar-refractivity contribution in [1.29, 1.82) is 0 Å². The van der Waals surface area contributed by atoms with Gasteiger partial charge in [0.2, 0.25) is 0 Å². The van der Waals surface area contributed by atoms with Crippen LogP contribution in [-0.2, 0) is 0 Å². The second kappa shape index (κ2) is 7.84. The zero-order valence-corrected chi connectivity index (χ0v) is 16.6. The Bertz CT molecular complexity index is 854. The van der Waals surface area contributed by atoms with Crippen molar-refractivity contribution in [3.8, 4) is 11.3 Å².